The van der Waals surface area contributed by atoms with Crippen molar-refractivity contribution in [2.45, 2.75) is 45.1 Å². The van der Waals surface area contributed by atoms with Gasteiger partial charge in [0.15, 0.2) is 0 Å². The minimum absolute atomic E-state index is 0.0703. The molecule has 0 spiro atoms. The SMILES string of the molecule is CC(CN1CCCN(C2CCCC2)S1(=O)=O)C(=O)O. The minimum atomic E-state index is -3.47. The molecule has 1 saturated carbocycles. The lowest BCUT2D eigenvalue weighted by Crippen LogP contribution is -2.54. The highest BCUT2D eigenvalue weighted by Crippen LogP contribution is 2.29. The highest BCUT2D eigenvalue weighted by atomic mass is 32.2. The Balaban J connectivity index is 2.10. The third-order valence-electron chi connectivity index (χ3n) is 4.04. The predicted octanol–water partition coefficient (Wildman–Crippen LogP) is 0.902. The van der Waals surface area contributed by atoms with E-state index in [4.69, 9.17) is 5.11 Å². The Labute approximate surface area is 114 Å². The number of carboxylic acids is 1. The van der Waals surface area contributed by atoms with Crippen molar-refractivity contribution in [3.63, 3.8) is 0 Å². The summed E-state index contributed by atoms with van der Waals surface area (Å²) >= 11 is 0. The average Bonchev–Trinajstić information content (AvgIpc) is 2.84. The van der Waals surface area contributed by atoms with Gasteiger partial charge in [0, 0.05) is 25.7 Å². The Morgan fingerprint density at radius 3 is 2.47 bits per heavy atom. The number of aliphatic carboxylic acids is 1. The van der Waals surface area contributed by atoms with Crippen LogP contribution in [0.2, 0.25) is 0 Å². The van der Waals surface area contributed by atoms with Gasteiger partial charge in [0.05, 0.1) is 5.92 Å². The molecule has 2 aliphatic rings. The third-order valence-corrected chi connectivity index (χ3v) is 6.10. The maximum Gasteiger partial charge on any atom is 0.307 e. The second-order valence-corrected chi connectivity index (χ2v) is 7.39. The smallest absolute Gasteiger partial charge is 0.307 e. The maximum atomic E-state index is 12.5. The number of hydrogen-bond acceptors (Lipinski definition) is 3. The maximum absolute atomic E-state index is 12.5. The van der Waals surface area contributed by atoms with Crippen molar-refractivity contribution in [1.29, 1.82) is 0 Å². The van der Waals surface area contributed by atoms with E-state index in [1.807, 2.05) is 0 Å². The summed E-state index contributed by atoms with van der Waals surface area (Å²) in [6.07, 6.45) is 4.82. The highest BCUT2D eigenvalue weighted by molar-refractivity contribution is 7.86. The molecular weight excluding hydrogens is 268 g/mol. The van der Waals surface area contributed by atoms with Crippen LogP contribution in [-0.4, -0.2) is 53.8 Å². The van der Waals surface area contributed by atoms with E-state index in [1.54, 1.807) is 11.2 Å². The van der Waals surface area contributed by atoms with Gasteiger partial charge in [-0.25, -0.2) is 0 Å². The zero-order valence-electron chi connectivity index (χ0n) is 11.3. The van der Waals surface area contributed by atoms with Crippen LogP contribution in [0.5, 0.6) is 0 Å². The molecule has 0 aromatic rings. The normalized spacial score (nSPS) is 27.4. The fourth-order valence-corrected chi connectivity index (χ4v) is 4.93. The first-order valence-corrected chi connectivity index (χ1v) is 8.32. The average molecular weight is 290 g/mol. The predicted molar refractivity (Wildman–Crippen MR) is 70.9 cm³/mol. The molecule has 0 aromatic heterocycles. The van der Waals surface area contributed by atoms with Crippen molar-refractivity contribution >= 4 is 16.2 Å². The zero-order valence-corrected chi connectivity index (χ0v) is 12.1. The van der Waals surface area contributed by atoms with Crippen molar-refractivity contribution < 1.29 is 18.3 Å². The number of carbonyl (C=O) groups is 1. The van der Waals surface area contributed by atoms with E-state index in [2.05, 4.69) is 0 Å². The number of carboxylic acid groups (broad SMARTS) is 1. The second-order valence-electron chi connectivity index (χ2n) is 5.51. The largest absolute Gasteiger partial charge is 0.481 e. The third kappa shape index (κ3) is 3.09. The molecule has 1 aliphatic heterocycles. The van der Waals surface area contributed by atoms with Crippen LogP contribution in [0.4, 0.5) is 0 Å². The number of nitrogens with zero attached hydrogens (tertiary/aromatic N) is 2. The Morgan fingerprint density at radius 2 is 1.89 bits per heavy atom. The lowest BCUT2D eigenvalue weighted by Gasteiger charge is -2.38. The first-order valence-electron chi connectivity index (χ1n) is 6.92. The Kier molecular flexibility index (Phi) is 4.47. The molecule has 1 heterocycles. The highest BCUT2D eigenvalue weighted by Gasteiger charge is 2.39. The molecule has 110 valence electrons. The Morgan fingerprint density at radius 1 is 1.26 bits per heavy atom. The van der Waals surface area contributed by atoms with E-state index in [1.165, 1.54) is 4.31 Å². The molecule has 2 rings (SSSR count). The van der Waals surface area contributed by atoms with Gasteiger partial charge in [-0.15, -0.1) is 0 Å². The van der Waals surface area contributed by atoms with Crippen LogP contribution in [0, 0.1) is 5.92 Å². The fraction of sp³-hybridized carbons (Fsp3) is 0.917. The van der Waals surface area contributed by atoms with Crippen LogP contribution in [0.15, 0.2) is 0 Å². The van der Waals surface area contributed by atoms with Crippen LogP contribution in [0.25, 0.3) is 0 Å². The lowest BCUT2D eigenvalue weighted by molar-refractivity contribution is -0.141. The summed E-state index contributed by atoms with van der Waals surface area (Å²) in [5.74, 6) is -1.62. The molecule has 0 aromatic carbocycles. The lowest BCUT2D eigenvalue weighted by atomic mass is 10.2. The Hall–Kier alpha value is -0.660. The summed E-state index contributed by atoms with van der Waals surface area (Å²) in [6.45, 7) is 2.63. The van der Waals surface area contributed by atoms with E-state index in [-0.39, 0.29) is 12.6 Å². The molecule has 1 aliphatic carbocycles. The van der Waals surface area contributed by atoms with E-state index >= 15 is 0 Å². The second kappa shape index (κ2) is 5.76. The number of rotatable bonds is 4. The zero-order chi connectivity index (χ0) is 14.0. The van der Waals surface area contributed by atoms with Crippen molar-refractivity contribution in [1.82, 2.24) is 8.61 Å². The van der Waals surface area contributed by atoms with Gasteiger partial charge in [-0.05, 0) is 19.3 Å². The van der Waals surface area contributed by atoms with Crippen molar-refractivity contribution in [3.8, 4) is 0 Å². The summed E-state index contributed by atoms with van der Waals surface area (Å²) in [6, 6.07) is 0.118. The van der Waals surface area contributed by atoms with E-state index in [9.17, 15) is 13.2 Å². The quantitative estimate of drug-likeness (QED) is 0.834. The van der Waals surface area contributed by atoms with Gasteiger partial charge >= 0.3 is 5.97 Å². The monoisotopic (exact) mass is 290 g/mol. The van der Waals surface area contributed by atoms with Crippen LogP contribution < -0.4 is 0 Å². The molecule has 19 heavy (non-hydrogen) atoms. The van der Waals surface area contributed by atoms with E-state index < -0.39 is 22.1 Å². The summed E-state index contributed by atoms with van der Waals surface area (Å²) in [5.41, 5.74) is 0. The molecule has 1 atom stereocenters. The summed E-state index contributed by atoms with van der Waals surface area (Å²) in [4.78, 5) is 10.9. The summed E-state index contributed by atoms with van der Waals surface area (Å²) < 4.78 is 28.0. The fourth-order valence-electron chi connectivity index (χ4n) is 2.91. The first kappa shape index (κ1) is 14.7. The molecule has 1 saturated heterocycles. The molecule has 0 amide bonds. The van der Waals surface area contributed by atoms with E-state index in [0.29, 0.717) is 13.1 Å². The molecular formula is C12H22N2O4S. The van der Waals surface area contributed by atoms with Crippen LogP contribution >= 0.6 is 0 Å². The van der Waals surface area contributed by atoms with Crippen LogP contribution in [0.3, 0.4) is 0 Å². The summed E-state index contributed by atoms with van der Waals surface area (Å²) in [5, 5.41) is 8.93. The molecule has 0 radical (unpaired) electrons. The van der Waals surface area contributed by atoms with Crippen molar-refractivity contribution in [3.05, 3.63) is 0 Å². The molecule has 1 N–H and O–H groups in total. The molecule has 0 bridgehead atoms. The van der Waals surface area contributed by atoms with E-state index in [0.717, 1.165) is 32.1 Å². The molecule has 2 fully saturated rings. The number of hydrogen-bond donors (Lipinski definition) is 1. The van der Waals surface area contributed by atoms with Crippen LogP contribution in [-0.2, 0) is 15.0 Å². The topological polar surface area (TPSA) is 77.9 Å². The van der Waals surface area contributed by atoms with Gasteiger partial charge in [-0.1, -0.05) is 19.8 Å². The van der Waals surface area contributed by atoms with Crippen LogP contribution in [0.1, 0.15) is 39.0 Å². The van der Waals surface area contributed by atoms with Crippen molar-refractivity contribution in [2.75, 3.05) is 19.6 Å². The minimum Gasteiger partial charge on any atom is -0.481 e. The molecule has 6 nitrogen and oxygen atoms in total. The van der Waals surface area contributed by atoms with Gasteiger partial charge in [0.2, 0.25) is 0 Å². The van der Waals surface area contributed by atoms with Gasteiger partial charge in [0.1, 0.15) is 0 Å². The standard InChI is InChI=1S/C12H22N2O4S/c1-10(12(15)16)9-13-7-4-8-14(19(13,17)18)11-5-2-3-6-11/h10-11H,2-9H2,1H3,(H,15,16). The van der Waals surface area contributed by atoms with Gasteiger partial charge in [0.25, 0.3) is 10.2 Å². The summed E-state index contributed by atoms with van der Waals surface area (Å²) in [7, 11) is -3.47. The molecule has 1 unspecified atom stereocenters. The van der Waals surface area contributed by atoms with Gasteiger partial charge < -0.3 is 5.11 Å². The van der Waals surface area contributed by atoms with Gasteiger partial charge in [-0.3, -0.25) is 4.79 Å². The first-order chi connectivity index (χ1) is 8.93. The Bertz CT molecular complexity index is 431. The molecule has 7 heteroatoms. The van der Waals surface area contributed by atoms with Gasteiger partial charge in [-0.2, -0.15) is 17.0 Å². The van der Waals surface area contributed by atoms with Crippen molar-refractivity contribution in [2.24, 2.45) is 5.92 Å².